The van der Waals surface area contributed by atoms with Gasteiger partial charge in [-0.05, 0) is 13.0 Å². The maximum Gasteiger partial charge on any atom is 0.271 e. The summed E-state index contributed by atoms with van der Waals surface area (Å²) in [6, 6.07) is 1.60. The summed E-state index contributed by atoms with van der Waals surface area (Å²) < 4.78 is 4.94. The van der Waals surface area contributed by atoms with Crippen LogP contribution in [0.3, 0.4) is 0 Å². The highest BCUT2D eigenvalue weighted by atomic mass is 16.5. The van der Waals surface area contributed by atoms with Crippen LogP contribution in [-0.4, -0.2) is 29.4 Å². The highest BCUT2D eigenvalue weighted by Gasteiger charge is 2.03. The van der Waals surface area contributed by atoms with Crippen LogP contribution in [0.1, 0.15) is 17.4 Å². The largest absolute Gasteiger partial charge is 0.362 e. The van der Waals surface area contributed by atoms with Gasteiger partial charge in [0.15, 0.2) is 0 Å². The normalized spacial score (nSPS) is 9.75. The van der Waals surface area contributed by atoms with Crippen LogP contribution < -0.4 is 5.32 Å². The lowest BCUT2D eigenvalue weighted by Gasteiger charge is -2.01. The fraction of sp³-hybridized carbons (Fsp3) is 0.429. The zero-order chi connectivity index (χ0) is 8.81. The third kappa shape index (κ3) is 2.35. The summed E-state index contributed by atoms with van der Waals surface area (Å²) in [7, 11) is 0. The summed E-state index contributed by atoms with van der Waals surface area (Å²) in [6.07, 6.45) is 1.52. The van der Waals surface area contributed by atoms with Crippen molar-refractivity contribution in [2.45, 2.75) is 6.92 Å². The van der Waals surface area contributed by atoms with Gasteiger partial charge in [-0.25, -0.2) is 0 Å². The number of amides is 1. The molecule has 0 saturated heterocycles. The summed E-state index contributed by atoms with van der Waals surface area (Å²) in [5.41, 5.74) is 0.440. The zero-order valence-corrected chi connectivity index (χ0v) is 6.83. The average molecular weight is 169 g/mol. The number of carbonyl (C=O) groups excluding carboxylic acids is 1. The van der Waals surface area contributed by atoms with E-state index in [4.69, 9.17) is 4.74 Å². The van der Waals surface area contributed by atoms with E-state index in [1.165, 1.54) is 6.20 Å². The number of H-pyrrole nitrogens is 1. The number of carbonyl (C=O) groups is 1. The highest BCUT2D eigenvalue weighted by molar-refractivity contribution is 5.91. The number of nitrogens with one attached hydrogen (secondary N) is 2. The number of nitrogens with zero attached hydrogens (tertiary/aromatic N) is 1. The predicted molar refractivity (Wildman–Crippen MR) is 42.5 cm³/mol. The number of hydrogen-bond donors (Lipinski definition) is 2. The van der Waals surface area contributed by atoms with Crippen molar-refractivity contribution in [1.29, 1.82) is 0 Å². The Morgan fingerprint density at radius 3 is 3.25 bits per heavy atom. The lowest BCUT2D eigenvalue weighted by Crippen LogP contribution is -2.26. The molecule has 1 rings (SSSR count). The lowest BCUT2D eigenvalue weighted by molar-refractivity contribution is 0.0812. The van der Waals surface area contributed by atoms with E-state index in [2.05, 4.69) is 15.5 Å². The molecular weight excluding hydrogens is 158 g/mol. The number of hydrogen-bond acceptors (Lipinski definition) is 3. The first-order chi connectivity index (χ1) is 5.84. The molecule has 0 atom stereocenters. The van der Waals surface area contributed by atoms with Crippen molar-refractivity contribution < 1.29 is 9.53 Å². The van der Waals surface area contributed by atoms with E-state index in [1.54, 1.807) is 6.07 Å². The van der Waals surface area contributed by atoms with E-state index in [1.807, 2.05) is 6.92 Å². The molecule has 0 spiro atoms. The van der Waals surface area contributed by atoms with Gasteiger partial charge in [0.25, 0.3) is 5.91 Å². The van der Waals surface area contributed by atoms with Gasteiger partial charge < -0.3 is 10.1 Å². The molecule has 0 aliphatic carbocycles. The van der Waals surface area contributed by atoms with Crippen molar-refractivity contribution in [3.8, 4) is 0 Å². The van der Waals surface area contributed by atoms with Crippen molar-refractivity contribution >= 4 is 5.91 Å². The number of rotatable bonds is 4. The smallest absolute Gasteiger partial charge is 0.271 e. The fourth-order valence-corrected chi connectivity index (χ4v) is 0.696. The van der Waals surface area contributed by atoms with Crippen LogP contribution in [-0.2, 0) is 4.74 Å². The molecule has 0 radical (unpaired) electrons. The first-order valence-corrected chi connectivity index (χ1v) is 3.70. The molecule has 1 heterocycles. The van der Waals surface area contributed by atoms with Gasteiger partial charge in [0.1, 0.15) is 12.4 Å². The first kappa shape index (κ1) is 8.73. The Bertz CT molecular complexity index is 233. The van der Waals surface area contributed by atoms with Crippen molar-refractivity contribution in [2.24, 2.45) is 0 Å². The quantitative estimate of drug-likeness (QED) is 0.497. The van der Waals surface area contributed by atoms with Crippen LogP contribution in [0.5, 0.6) is 0 Å². The van der Waals surface area contributed by atoms with Crippen molar-refractivity contribution in [3.05, 3.63) is 18.0 Å². The fourth-order valence-electron chi connectivity index (χ4n) is 0.696. The van der Waals surface area contributed by atoms with Crippen molar-refractivity contribution in [1.82, 2.24) is 15.5 Å². The molecule has 66 valence electrons. The molecule has 0 unspecified atom stereocenters. The molecule has 5 heteroatoms. The van der Waals surface area contributed by atoms with E-state index in [-0.39, 0.29) is 12.6 Å². The molecule has 2 N–H and O–H groups in total. The second-order valence-corrected chi connectivity index (χ2v) is 2.11. The maximum atomic E-state index is 11.1. The second kappa shape index (κ2) is 4.50. The van der Waals surface area contributed by atoms with E-state index in [9.17, 15) is 4.79 Å². The predicted octanol–water partition coefficient (Wildman–Crippen LogP) is 0.133. The molecule has 0 aliphatic heterocycles. The molecule has 1 aromatic rings. The third-order valence-corrected chi connectivity index (χ3v) is 1.28. The van der Waals surface area contributed by atoms with Crippen LogP contribution in [0.25, 0.3) is 0 Å². The molecule has 1 amide bonds. The standard InChI is InChI=1S/C7H11N3O2/c1-2-12-5-8-7(11)6-3-4-9-10-6/h3-4H,2,5H2,1H3,(H,8,11)(H,9,10). The van der Waals surface area contributed by atoms with Gasteiger partial charge in [0, 0.05) is 12.8 Å². The SMILES string of the molecule is CCOCNC(=O)c1ccn[nH]1. The van der Waals surface area contributed by atoms with Gasteiger partial charge in [-0.1, -0.05) is 0 Å². The molecule has 0 aromatic carbocycles. The Balaban J connectivity index is 2.30. The summed E-state index contributed by atoms with van der Waals surface area (Å²) in [6.45, 7) is 2.68. The average Bonchev–Trinajstić information content (AvgIpc) is 2.56. The zero-order valence-electron chi connectivity index (χ0n) is 6.83. The molecular formula is C7H11N3O2. The van der Waals surface area contributed by atoms with Gasteiger partial charge in [-0.2, -0.15) is 5.10 Å². The Morgan fingerprint density at radius 2 is 2.67 bits per heavy atom. The topological polar surface area (TPSA) is 67.0 Å². The highest BCUT2D eigenvalue weighted by Crippen LogP contribution is 1.89. The van der Waals surface area contributed by atoms with Gasteiger partial charge in [-0.15, -0.1) is 0 Å². The Morgan fingerprint density at radius 1 is 1.83 bits per heavy atom. The summed E-state index contributed by atoms with van der Waals surface area (Å²) in [5, 5.41) is 8.74. The third-order valence-electron chi connectivity index (χ3n) is 1.28. The van der Waals surface area contributed by atoms with E-state index >= 15 is 0 Å². The van der Waals surface area contributed by atoms with E-state index < -0.39 is 0 Å². The Labute approximate surface area is 70.1 Å². The molecule has 12 heavy (non-hydrogen) atoms. The molecule has 1 aromatic heterocycles. The van der Waals surface area contributed by atoms with Gasteiger partial charge in [-0.3, -0.25) is 9.89 Å². The van der Waals surface area contributed by atoms with Crippen molar-refractivity contribution in [2.75, 3.05) is 13.3 Å². The summed E-state index contributed by atoms with van der Waals surface area (Å²) in [4.78, 5) is 11.1. The molecule has 0 fully saturated rings. The molecule has 5 nitrogen and oxygen atoms in total. The molecule has 0 saturated carbocycles. The second-order valence-electron chi connectivity index (χ2n) is 2.11. The van der Waals surface area contributed by atoms with E-state index in [0.717, 1.165) is 0 Å². The van der Waals surface area contributed by atoms with Gasteiger partial charge in [0.05, 0.1) is 0 Å². The van der Waals surface area contributed by atoms with Crippen LogP contribution >= 0.6 is 0 Å². The summed E-state index contributed by atoms with van der Waals surface area (Å²) >= 11 is 0. The van der Waals surface area contributed by atoms with E-state index in [0.29, 0.717) is 12.3 Å². The lowest BCUT2D eigenvalue weighted by atomic mass is 10.4. The monoisotopic (exact) mass is 169 g/mol. The molecule has 0 aliphatic rings. The summed E-state index contributed by atoms with van der Waals surface area (Å²) in [5.74, 6) is -0.207. The number of ether oxygens (including phenoxy) is 1. The maximum absolute atomic E-state index is 11.1. The minimum Gasteiger partial charge on any atom is -0.362 e. The van der Waals surface area contributed by atoms with Crippen LogP contribution in [0.2, 0.25) is 0 Å². The minimum atomic E-state index is -0.207. The minimum absolute atomic E-state index is 0.207. The van der Waals surface area contributed by atoms with Crippen LogP contribution in [0.15, 0.2) is 12.3 Å². The van der Waals surface area contributed by atoms with Crippen LogP contribution in [0.4, 0.5) is 0 Å². The Kier molecular flexibility index (Phi) is 3.28. The van der Waals surface area contributed by atoms with Crippen molar-refractivity contribution in [3.63, 3.8) is 0 Å². The molecule has 0 bridgehead atoms. The van der Waals surface area contributed by atoms with Crippen LogP contribution in [0, 0.1) is 0 Å². The van der Waals surface area contributed by atoms with Gasteiger partial charge in [0.2, 0.25) is 0 Å². The van der Waals surface area contributed by atoms with Gasteiger partial charge >= 0.3 is 0 Å². The number of aromatic amines is 1. The first-order valence-electron chi connectivity index (χ1n) is 3.70. The number of aromatic nitrogens is 2. The Hall–Kier alpha value is -1.36.